The van der Waals surface area contributed by atoms with Crippen molar-refractivity contribution in [3.8, 4) is 23.0 Å². The van der Waals surface area contributed by atoms with Crippen molar-refractivity contribution in [3.63, 3.8) is 0 Å². The Kier molecular flexibility index (Phi) is 8.90. The summed E-state index contributed by atoms with van der Waals surface area (Å²) >= 11 is 0. The van der Waals surface area contributed by atoms with Crippen molar-refractivity contribution < 1.29 is 28.5 Å². The van der Waals surface area contributed by atoms with Crippen molar-refractivity contribution in [2.45, 2.75) is 18.9 Å². The topological polar surface area (TPSA) is 98.7 Å². The second kappa shape index (κ2) is 13.1. The fourth-order valence-corrected chi connectivity index (χ4v) is 4.92. The van der Waals surface area contributed by atoms with Crippen LogP contribution in [-0.2, 0) is 12.8 Å². The van der Waals surface area contributed by atoms with Crippen LogP contribution in [0.1, 0.15) is 37.4 Å². The predicted molar refractivity (Wildman–Crippen MR) is 165 cm³/mol. The number of hydrogen-bond donors (Lipinski definition) is 1. The molecule has 0 fully saturated rings. The quantitative estimate of drug-likeness (QED) is 0.194. The molecular weight excluding hydrogens is 546 g/mol. The van der Waals surface area contributed by atoms with Gasteiger partial charge in [0.1, 0.15) is 17.6 Å². The van der Waals surface area contributed by atoms with Crippen molar-refractivity contribution >= 4 is 23.7 Å². The Balaban J connectivity index is 1.21. The molecule has 0 radical (unpaired) electrons. The van der Waals surface area contributed by atoms with Gasteiger partial charge in [-0.15, -0.1) is 0 Å². The van der Waals surface area contributed by atoms with Crippen molar-refractivity contribution in [1.82, 2.24) is 5.01 Å². The minimum absolute atomic E-state index is 0.0220. The maximum atomic E-state index is 13.0. The number of fused-ring (bicyclic) bond motifs is 1. The van der Waals surface area contributed by atoms with Crippen LogP contribution in [0.5, 0.6) is 23.0 Å². The lowest BCUT2D eigenvalue weighted by atomic mass is 10.1. The van der Waals surface area contributed by atoms with Crippen molar-refractivity contribution in [1.29, 1.82) is 0 Å². The van der Waals surface area contributed by atoms with Crippen molar-refractivity contribution in [2.24, 2.45) is 5.10 Å². The number of amides is 2. The third-order valence-electron chi connectivity index (χ3n) is 7.21. The van der Waals surface area contributed by atoms with E-state index in [4.69, 9.17) is 18.9 Å². The molecule has 0 atom stereocenters. The fraction of sp³-hybridized carbons (Fsp3) is 0.206. The van der Waals surface area contributed by atoms with E-state index in [9.17, 15) is 9.59 Å². The third kappa shape index (κ3) is 6.78. The molecule has 9 nitrogen and oxygen atoms in total. The van der Waals surface area contributed by atoms with E-state index in [-0.39, 0.29) is 17.9 Å². The monoisotopic (exact) mass is 579 g/mol. The highest BCUT2D eigenvalue weighted by atomic mass is 16.5. The summed E-state index contributed by atoms with van der Waals surface area (Å²) < 4.78 is 22.4. The summed E-state index contributed by atoms with van der Waals surface area (Å²) in [7, 11) is 6.22. The summed E-state index contributed by atoms with van der Waals surface area (Å²) in [5, 5.41) is 8.42. The minimum Gasteiger partial charge on any atom is -0.497 e. The number of carbonyl (C=O) groups is 2. The van der Waals surface area contributed by atoms with E-state index in [1.165, 1.54) is 23.2 Å². The molecule has 0 aromatic heterocycles. The number of methoxy groups -OCH3 is 3. The van der Waals surface area contributed by atoms with Gasteiger partial charge in [0.25, 0.3) is 11.8 Å². The van der Waals surface area contributed by atoms with Gasteiger partial charge in [-0.3, -0.25) is 9.59 Å². The molecule has 1 aliphatic rings. The van der Waals surface area contributed by atoms with Crippen LogP contribution < -0.4 is 24.3 Å². The molecule has 1 aliphatic carbocycles. The normalized spacial score (nSPS) is 12.5. The summed E-state index contributed by atoms with van der Waals surface area (Å²) in [5.41, 5.74) is 4.67. The smallest absolute Gasteiger partial charge is 0.273 e. The van der Waals surface area contributed by atoms with Crippen LogP contribution in [-0.4, -0.2) is 57.5 Å². The minimum atomic E-state index is -0.347. The highest BCUT2D eigenvalue weighted by Crippen LogP contribution is 2.32. The number of hydrogen-bond acceptors (Lipinski definition) is 7. The standard InChI is InChI=1S/C34H33N3O6/c1-37(34(39)23-10-12-26(13-11-23)36-33(38)29-15-14-27(40-2)20-31(29)42-4)35-21-22-9-16-30(41-3)32(17-22)43-28-18-24-7-5-6-8-25(24)19-28/h5-17,20-21,28H,18-19H2,1-4H3,(H,36,38). The third-order valence-corrected chi connectivity index (χ3v) is 7.21. The molecule has 2 amide bonds. The van der Waals surface area contributed by atoms with Gasteiger partial charge in [0.05, 0.1) is 33.1 Å². The van der Waals surface area contributed by atoms with Gasteiger partial charge < -0.3 is 24.3 Å². The van der Waals surface area contributed by atoms with Gasteiger partial charge in [-0.2, -0.15) is 5.10 Å². The van der Waals surface area contributed by atoms with E-state index >= 15 is 0 Å². The van der Waals surface area contributed by atoms with Crippen LogP contribution >= 0.6 is 0 Å². The summed E-state index contributed by atoms with van der Waals surface area (Å²) in [4.78, 5) is 25.8. The van der Waals surface area contributed by atoms with Crippen molar-refractivity contribution in [3.05, 3.63) is 113 Å². The van der Waals surface area contributed by atoms with Crippen LogP contribution in [0.2, 0.25) is 0 Å². The van der Waals surface area contributed by atoms with E-state index in [0.29, 0.717) is 39.8 Å². The second-order valence-corrected chi connectivity index (χ2v) is 10.00. The van der Waals surface area contributed by atoms with Crippen LogP contribution in [0.3, 0.4) is 0 Å². The Morgan fingerprint density at radius 2 is 1.51 bits per heavy atom. The lowest BCUT2D eigenvalue weighted by molar-refractivity contribution is 0.0800. The molecule has 0 unspecified atom stereocenters. The molecule has 1 N–H and O–H groups in total. The molecular formula is C34H33N3O6. The Morgan fingerprint density at radius 1 is 0.814 bits per heavy atom. The zero-order valence-corrected chi connectivity index (χ0v) is 24.5. The number of anilines is 1. The predicted octanol–water partition coefficient (Wildman–Crippen LogP) is 5.62. The number of benzene rings is 4. The maximum Gasteiger partial charge on any atom is 0.273 e. The Labute approximate surface area is 250 Å². The average Bonchev–Trinajstić information content (AvgIpc) is 3.45. The molecule has 4 aromatic rings. The van der Waals surface area contributed by atoms with E-state index in [2.05, 4.69) is 22.6 Å². The highest BCUT2D eigenvalue weighted by Gasteiger charge is 2.23. The number of nitrogens with zero attached hydrogens (tertiary/aromatic N) is 2. The van der Waals surface area contributed by atoms with Gasteiger partial charge in [-0.25, -0.2) is 5.01 Å². The van der Waals surface area contributed by atoms with Crippen LogP contribution in [0.25, 0.3) is 0 Å². The lowest BCUT2D eigenvalue weighted by Gasteiger charge is -2.16. The highest BCUT2D eigenvalue weighted by molar-refractivity contribution is 6.06. The van der Waals surface area contributed by atoms with E-state index in [1.54, 1.807) is 69.9 Å². The molecule has 9 heteroatoms. The SMILES string of the molecule is COc1ccc(C(=O)Nc2ccc(C(=O)N(C)N=Cc3ccc(OC)c(OC4Cc5ccccc5C4)c3)cc2)c(OC)c1. The molecule has 0 aliphatic heterocycles. The number of hydrazone groups is 1. The summed E-state index contributed by atoms with van der Waals surface area (Å²) in [6.45, 7) is 0. The number of nitrogens with one attached hydrogen (secondary N) is 1. The molecule has 0 heterocycles. The van der Waals surface area contributed by atoms with Crippen molar-refractivity contribution in [2.75, 3.05) is 33.7 Å². The maximum absolute atomic E-state index is 13.0. The molecule has 0 bridgehead atoms. The van der Waals surface area contributed by atoms with Crippen LogP contribution in [0.15, 0.2) is 90.0 Å². The molecule has 0 saturated heterocycles. The zero-order chi connectivity index (χ0) is 30.3. The molecule has 220 valence electrons. The summed E-state index contributed by atoms with van der Waals surface area (Å²) in [5.74, 6) is 1.58. The van der Waals surface area contributed by atoms with Crippen LogP contribution in [0, 0.1) is 0 Å². The van der Waals surface area contributed by atoms with Crippen LogP contribution in [0.4, 0.5) is 5.69 Å². The Bertz CT molecular complexity index is 1630. The largest absolute Gasteiger partial charge is 0.497 e. The first-order valence-electron chi connectivity index (χ1n) is 13.8. The summed E-state index contributed by atoms with van der Waals surface area (Å²) in [6, 6.07) is 25.4. The van der Waals surface area contributed by atoms with Gasteiger partial charge in [0.15, 0.2) is 11.5 Å². The average molecular weight is 580 g/mol. The first-order valence-corrected chi connectivity index (χ1v) is 13.8. The Hall–Kier alpha value is -5.31. The number of rotatable bonds is 10. The Morgan fingerprint density at radius 3 is 2.16 bits per heavy atom. The number of ether oxygens (including phenoxy) is 4. The van der Waals surface area contributed by atoms with Gasteiger partial charge >= 0.3 is 0 Å². The van der Waals surface area contributed by atoms with E-state index < -0.39 is 0 Å². The molecule has 0 spiro atoms. The summed E-state index contributed by atoms with van der Waals surface area (Å²) in [6.07, 6.45) is 3.30. The van der Waals surface area contributed by atoms with Gasteiger partial charge in [-0.1, -0.05) is 24.3 Å². The molecule has 43 heavy (non-hydrogen) atoms. The number of carbonyl (C=O) groups excluding carboxylic acids is 2. The van der Waals surface area contributed by atoms with Gasteiger partial charge in [-0.05, 0) is 71.3 Å². The molecule has 5 rings (SSSR count). The first-order chi connectivity index (χ1) is 20.9. The molecule has 0 saturated carbocycles. The lowest BCUT2D eigenvalue weighted by Crippen LogP contribution is -2.21. The second-order valence-electron chi connectivity index (χ2n) is 10.00. The first kappa shape index (κ1) is 29.2. The van der Waals surface area contributed by atoms with Gasteiger partial charge in [0.2, 0.25) is 0 Å². The van der Waals surface area contributed by atoms with E-state index in [0.717, 1.165) is 18.4 Å². The van der Waals surface area contributed by atoms with Gasteiger partial charge in [0, 0.05) is 37.2 Å². The fourth-order valence-electron chi connectivity index (χ4n) is 4.92. The zero-order valence-electron chi connectivity index (χ0n) is 24.5. The van der Waals surface area contributed by atoms with E-state index in [1.807, 2.05) is 30.3 Å². The molecule has 4 aromatic carbocycles.